The minimum absolute atomic E-state index is 0.127. The Morgan fingerprint density at radius 1 is 1.21 bits per heavy atom. The molecule has 1 aromatic carbocycles. The van der Waals surface area contributed by atoms with Gasteiger partial charge in [-0.1, -0.05) is 0 Å². The summed E-state index contributed by atoms with van der Waals surface area (Å²) in [5, 5.41) is 14.0. The number of alkyl halides is 2. The first kappa shape index (κ1) is 14.8. The predicted molar refractivity (Wildman–Crippen MR) is 80.7 cm³/mol. The van der Waals surface area contributed by atoms with Crippen molar-refractivity contribution in [3.63, 3.8) is 0 Å². The molecule has 0 saturated carbocycles. The maximum absolute atomic E-state index is 14.0. The van der Waals surface area contributed by atoms with E-state index in [-0.39, 0.29) is 11.3 Å². The Bertz CT molecular complexity index is 911. The third-order valence-corrected chi connectivity index (χ3v) is 4.16. The summed E-state index contributed by atoms with van der Waals surface area (Å²) >= 11 is 0. The molecule has 0 aliphatic carbocycles. The average molecular weight is 334 g/mol. The van der Waals surface area contributed by atoms with E-state index >= 15 is 0 Å². The van der Waals surface area contributed by atoms with E-state index in [0.29, 0.717) is 11.5 Å². The van der Waals surface area contributed by atoms with E-state index in [1.807, 2.05) is 0 Å². The third kappa shape index (κ3) is 2.44. The summed E-state index contributed by atoms with van der Waals surface area (Å²) < 4.78 is 43.1. The van der Waals surface area contributed by atoms with Crippen LogP contribution in [-0.2, 0) is 0 Å². The normalized spacial score (nSPS) is 20.0. The summed E-state index contributed by atoms with van der Waals surface area (Å²) in [7, 11) is 0. The van der Waals surface area contributed by atoms with Crippen LogP contribution in [0.2, 0.25) is 0 Å². The molecule has 0 bridgehead atoms. The molecule has 0 radical (unpaired) electrons. The van der Waals surface area contributed by atoms with Gasteiger partial charge in [-0.05, 0) is 24.3 Å². The van der Waals surface area contributed by atoms with Gasteiger partial charge in [-0.25, -0.2) is 22.7 Å². The summed E-state index contributed by atoms with van der Waals surface area (Å²) in [5.74, 6) is -3.43. The zero-order valence-corrected chi connectivity index (χ0v) is 12.4. The van der Waals surface area contributed by atoms with Crippen molar-refractivity contribution in [1.82, 2.24) is 14.6 Å². The molecule has 8 heteroatoms. The largest absolute Gasteiger partial charge is 0.508 e. The molecule has 1 saturated heterocycles. The smallest absolute Gasteiger partial charge is 0.267 e. The summed E-state index contributed by atoms with van der Waals surface area (Å²) in [6.07, 6.45) is 2.66. The van der Waals surface area contributed by atoms with Crippen molar-refractivity contribution in [2.45, 2.75) is 18.4 Å². The topological polar surface area (TPSA) is 53.7 Å². The fourth-order valence-corrected chi connectivity index (χ4v) is 3.09. The van der Waals surface area contributed by atoms with E-state index < -0.39 is 30.7 Å². The number of phenols is 1. The highest BCUT2D eigenvalue weighted by Crippen LogP contribution is 2.45. The molecular weight excluding hydrogens is 321 g/mol. The summed E-state index contributed by atoms with van der Waals surface area (Å²) in [6, 6.07) is 5.72. The minimum atomic E-state index is -2.96. The van der Waals surface area contributed by atoms with Gasteiger partial charge in [0.15, 0.2) is 5.65 Å². The SMILES string of the molecule is Oc1ccc(F)cc1C1CC(F)(F)CN1c1ccn2nccc2n1. The number of benzene rings is 1. The highest BCUT2D eigenvalue weighted by Gasteiger charge is 2.47. The van der Waals surface area contributed by atoms with Crippen LogP contribution >= 0.6 is 0 Å². The van der Waals surface area contributed by atoms with Gasteiger partial charge in [-0.15, -0.1) is 0 Å². The molecule has 5 nitrogen and oxygen atoms in total. The second kappa shape index (κ2) is 5.12. The first-order chi connectivity index (χ1) is 11.4. The van der Waals surface area contributed by atoms with Crippen LogP contribution in [-0.4, -0.2) is 32.2 Å². The highest BCUT2D eigenvalue weighted by atomic mass is 19.3. The maximum Gasteiger partial charge on any atom is 0.267 e. The molecule has 1 N–H and O–H groups in total. The van der Waals surface area contributed by atoms with Crippen LogP contribution in [0.5, 0.6) is 5.75 Å². The zero-order valence-electron chi connectivity index (χ0n) is 12.4. The molecule has 124 valence electrons. The van der Waals surface area contributed by atoms with Crippen molar-refractivity contribution in [3.05, 3.63) is 54.1 Å². The van der Waals surface area contributed by atoms with Gasteiger partial charge < -0.3 is 10.0 Å². The molecule has 24 heavy (non-hydrogen) atoms. The number of phenolic OH excluding ortho intramolecular Hbond substituents is 1. The fourth-order valence-electron chi connectivity index (χ4n) is 3.09. The zero-order chi connectivity index (χ0) is 16.9. The second-order valence-electron chi connectivity index (χ2n) is 5.83. The number of hydrogen-bond donors (Lipinski definition) is 1. The van der Waals surface area contributed by atoms with E-state index in [1.165, 1.54) is 15.5 Å². The third-order valence-electron chi connectivity index (χ3n) is 4.16. The fraction of sp³-hybridized carbons (Fsp3) is 0.250. The van der Waals surface area contributed by atoms with Crippen molar-refractivity contribution in [1.29, 1.82) is 0 Å². The van der Waals surface area contributed by atoms with Crippen LogP contribution in [0.15, 0.2) is 42.7 Å². The lowest BCUT2D eigenvalue weighted by molar-refractivity contribution is 0.0222. The lowest BCUT2D eigenvalue weighted by Crippen LogP contribution is -2.27. The number of nitrogens with zero attached hydrogens (tertiary/aromatic N) is 4. The maximum atomic E-state index is 14.0. The molecule has 1 aliphatic rings. The van der Waals surface area contributed by atoms with E-state index in [0.717, 1.165) is 12.1 Å². The van der Waals surface area contributed by atoms with Gasteiger partial charge in [0.2, 0.25) is 0 Å². The van der Waals surface area contributed by atoms with E-state index in [2.05, 4.69) is 10.1 Å². The number of halogens is 3. The van der Waals surface area contributed by atoms with Gasteiger partial charge in [0.05, 0.1) is 18.8 Å². The van der Waals surface area contributed by atoms with Crippen LogP contribution in [0.4, 0.5) is 19.0 Å². The molecule has 0 spiro atoms. The van der Waals surface area contributed by atoms with Crippen molar-refractivity contribution < 1.29 is 18.3 Å². The summed E-state index contributed by atoms with van der Waals surface area (Å²) in [4.78, 5) is 5.72. The predicted octanol–water partition coefficient (Wildman–Crippen LogP) is 3.16. The standard InChI is InChI=1S/C16H13F3N4O/c17-10-1-2-13(24)11(7-10)12-8-16(18,19)9-22(12)14-4-6-23-15(21-14)3-5-20-23/h1-7,12,24H,8-9H2. The van der Waals surface area contributed by atoms with Crippen LogP contribution in [0.1, 0.15) is 18.0 Å². The van der Waals surface area contributed by atoms with Crippen molar-refractivity contribution >= 4 is 11.5 Å². The average Bonchev–Trinajstić information content (AvgIpc) is 3.12. The van der Waals surface area contributed by atoms with E-state index in [9.17, 15) is 18.3 Å². The monoisotopic (exact) mass is 334 g/mol. The van der Waals surface area contributed by atoms with E-state index in [1.54, 1.807) is 24.5 Å². The molecule has 3 aromatic rings. The molecule has 0 amide bonds. The lowest BCUT2D eigenvalue weighted by atomic mass is 10.0. The van der Waals surface area contributed by atoms with Gasteiger partial charge in [-0.3, -0.25) is 0 Å². The van der Waals surface area contributed by atoms with Gasteiger partial charge in [0.1, 0.15) is 17.4 Å². The number of hydrogen-bond acceptors (Lipinski definition) is 4. The van der Waals surface area contributed by atoms with Gasteiger partial charge >= 0.3 is 0 Å². The van der Waals surface area contributed by atoms with Gasteiger partial charge in [-0.2, -0.15) is 5.10 Å². The van der Waals surface area contributed by atoms with Crippen molar-refractivity contribution in [2.75, 3.05) is 11.4 Å². The first-order valence-corrected chi connectivity index (χ1v) is 7.36. The van der Waals surface area contributed by atoms with Gasteiger partial charge in [0, 0.05) is 24.2 Å². The molecule has 1 unspecified atom stereocenters. The van der Waals surface area contributed by atoms with Crippen LogP contribution in [0, 0.1) is 5.82 Å². The number of aromatic nitrogens is 3. The van der Waals surface area contributed by atoms with Crippen molar-refractivity contribution in [2.24, 2.45) is 0 Å². The van der Waals surface area contributed by atoms with Crippen molar-refractivity contribution in [3.8, 4) is 5.75 Å². The van der Waals surface area contributed by atoms with Crippen LogP contribution in [0.25, 0.3) is 5.65 Å². The molecule has 3 heterocycles. The highest BCUT2D eigenvalue weighted by molar-refractivity contribution is 5.52. The number of aromatic hydroxyl groups is 1. The Labute approximate surface area is 135 Å². The van der Waals surface area contributed by atoms with Crippen LogP contribution < -0.4 is 4.90 Å². The molecule has 4 rings (SSSR count). The molecule has 2 aromatic heterocycles. The Morgan fingerprint density at radius 3 is 2.88 bits per heavy atom. The van der Waals surface area contributed by atoms with Gasteiger partial charge in [0.25, 0.3) is 5.92 Å². The molecular formula is C16H13F3N4O. The lowest BCUT2D eigenvalue weighted by Gasteiger charge is -2.25. The number of rotatable bonds is 2. The number of anilines is 1. The molecule has 1 atom stereocenters. The molecule has 1 fully saturated rings. The Balaban J connectivity index is 1.80. The van der Waals surface area contributed by atoms with Crippen LogP contribution in [0.3, 0.4) is 0 Å². The first-order valence-electron chi connectivity index (χ1n) is 7.36. The minimum Gasteiger partial charge on any atom is -0.508 e. The summed E-state index contributed by atoms with van der Waals surface area (Å²) in [6.45, 7) is -0.551. The Kier molecular flexibility index (Phi) is 3.16. The Hall–Kier alpha value is -2.77. The Morgan fingerprint density at radius 2 is 2.04 bits per heavy atom. The molecule has 1 aliphatic heterocycles. The quantitative estimate of drug-likeness (QED) is 0.782. The number of fused-ring (bicyclic) bond motifs is 1. The second-order valence-corrected chi connectivity index (χ2v) is 5.83. The summed E-state index contributed by atoms with van der Waals surface area (Å²) in [5.41, 5.74) is 0.646. The van der Waals surface area contributed by atoms with E-state index in [4.69, 9.17) is 0 Å².